The second kappa shape index (κ2) is 35.8. The number of hydrogen-bond acceptors (Lipinski definition) is 19. The van der Waals surface area contributed by atoms with Crippen molar-refractivity contribution in [2.45, 2.75) is 24.8 Å². The molecule has 0 bridgehead atoms. The molecule has 6 rings (SSSR count). The van der Waals surface area contributed by atoms with Gasteiger partial charge in [-0.25, -0.2) is 4.79 Å². The summed E-state index contributed by atoms with van der Waals surface area (Å²) in [6.45, 7) is 11.5. The molecule has 1 unspecified atom stereocenters. The lowest BCUT2D eigenvalue weighted by molar-refractivity contribution is -0.136. The van der Waals surface area contributed by atoms with Crippen molar-refractivity contribution in [3.05, 3.63) is 89.0 Å². The van der Waals surface area contributed by atoms with Crippen LogP contribution in [0.1, 0.15) is 50.6 Å². The number of ether oxygens (including phenoxy) is 13. The van der Waals surface area contributed by atoms with Crippen molar-refractivity contribution in [2.75, 3.05) is 191 Å². The molecule has 5 amide bonds. The molecule has 1 aliphatic carbocycles. The second-order valence-electron chi connectivity index (χ2n) is 17.7. The SMILES string of the molecule is CN(CCOCCOCCOCCOCCOCCOCCOCCOCCOCCOCCOCCOCCNc1cccc2c1C(=O)N(C1CCC(=O)NC1=O)C2=O)C(=O)OCC1c2ccccc2-c2ccccc21. The van der Waals surface area contributed by atoms with Gasteiger partial charge in [0.15, 0.2) is 0 Å². The van der Waals surface area contributed by atoms with Gasteiger partial charge in [0.2, 0.25) is 11.8 Å². The van der Waals surface area contributed by atoms with E-state index in [1.165, 1.54) is 27.2 Å². The van der Waals surface area contributed by atoms with E-state index in [2.05, 4.69) is 34.9 Å². The molecule has 77 heavy (non-hydrogen) atoms. The fraction of sp³-hybridized carbons (Fsp3) is 0.582. The Morgan fingerprint density at radius 1 is 0.519 bits per heavy atom. The first-order valence-corrected chi connectivity index (χ1v) is 26.4. The Balaban J connectivity index is 0.594. The first-order chi connectivity index (χ1) is 37.8. The van der Waals surface area contributed by atoms with E-state index in [1.807, 2.05) is 24.3 Å². The number of nitrogens with one attached hydrogen (secondary N) is 2. The van der Waals surface area contributed by atoms with Gasteiger partial charge < -0.3 is 71.8 Å². The van der Waals surface area contributed by atoms with Gasteiger partial charge in [0.05, 0.1) is 170 Å². The van der Waals surface area contributed by atoms with E-state index in [1.54, 1.807) is 25.2 Å². The van der Waals surface area contributed by atoms with Gasteiger partial charge in [0.1, 0.15) is 12.6 Å². The van der Waals surface area contributed by atoms with E-state index in [0.717, 1.165) is 4.90 Å². The predicted octanol–water partition coefficient (Wildman–Crippen LogP) is 3.58. The smallest absolute Gasteiger partial charge is 0.409 e. The van der Waals surface area contributed by atoms with Crippen LogP contribution in [0.2, 0.25) is 0 Å². The van der Waals surface area contributed by atoms with Crippen LogP contribution in [0.5, 0.6) is 0 Å². The third-order valence-corrected chi connectivity index (χ3v) is 12.3. The summed E-state index contributed by atoms with van der Waals surface area (Å²) in [4.78, 5) is 65.2. The Morgan fingerprint density at radius 3 is 1.36 bits per heavy atom. The summed E-state index contributed by atoms with van der Waals surface area (Å²) >= 11 is 0. The first kappa shape index (κ1) is 60.8. The van der Waals surface area contributed by atoms with Crippen molar-refractivity contribution < 1.29 is 85.6 Å². The number of likely N-dealkylation sites (N-methyl/N-ethyl adjacent to an activating group) is 1. The quantitative estimate of drug-likeness (QED) is 0.0609. The van der Waals surface area contributed by atoms with Crippen LogP contribution in [0.4, 0.5) is 10.5 Å². The number of amides is 5. The fourth-order valence-corrected chi connectivity index (χ4v) is 8.44. The van der Waals surface area contributed by atoms with Crippen LogP contribution in [-0.2, 0) is 71.2 Å². The molecule has 3 aliphatic rings. The number of carbonyl (C=O) groups excluding carboxylic acids is 5. The van der Waals surface area contributed by atoms with Crippen molar-refractivity contribution >= 4 is 35.4 Å². The Kier molecular flexibility index (Phi) is 28.3. The van der Waals surface area contributed by atoms with E-state index in [4.69, 9.17) is 61.6 Å². The largest absolute Gasteiger partial charge is 0.448 e. The molecule has 424 valence electrons. The van der Waals surface area contributed by atoms with Crippen LogP contribution in [0.25, 0.3) is 11.1 Å². The molecule has 0 radical (unpaired) electrons. The van der Waals surface area contributed by atoms with Gasteiger partial charge in [-0.1, -0.05) is 54.6 Å². The molecule has 0 aromatic heterocycles. The Labute approximate surface area is 450 Å². The lowest BCUT2D eigenvalue weighted by Crippen LogP contribution is -2.54. The predicted molar refractivity (Wildman–Crippen MR) is 279 cm³/mol. The second-order valence-corrected chi connectivity index (χ2v) is 17.7. The monoisotopic (exact) mass is 1080 g/mol. The molecule has 2 heterocycles. The summed E-state index contributed by atoms with van der Waals surface area (Å²) in [5, 5.41) is 5.34. The molecule has 3 aromatic rings. The average Bonchev–Trinajstić information content (AvgIpc) is 3.91. The number of carbonyl (C=O) groups is 5. The van der Waals surface area contributed by atoms with Crippen LogP contribution in [0.15, 0.2) is 66.7 Å². The normalized spacial score (nSPS) is 15.0. The number of benzene rings is 3. The standard InChI is InChI=1S/C55H76N4O18/c1-58(55(64)77-41-47-44-9-4-2-7-42(44)43-8-3-5-10-45(43)47)16-18-66-20-22-68-24-26-70-28-30-72-32-34-74-36-38-76-40-39-75-37-35-73-33-31-71-29-27-69-25-23-67-21-19-65-17-15-56-48-12-6-11-46-51(48)54(63)59(53(46)62)49-13-14-50(60)57-52(49)61/h2-12,47,49,56H,13-41H2,1H3,(H,57,60,61). The maximum absolute atomic E-state index is 13.2. The van der Waals surface area contributed by atoms with Crippen LogP contribution in [0.3, 0.4) is 0 Å². The minimum Gasteiger partial charge on any atom is -0.448 e. The number of hydrogen-bond donors (Lipinski definition) is 2. The van der Waals surface area contributed by atoms with E-state index in [-0.39, 0.29) is 42.6 Å². The van der Waals surface area contributed by atoms with E-state index in [9.17, 15) is 24.0 Å². The topological polar surface area (TPSA) is 236 Å². The van der Waals surface area contributed by atoms with Crippen LogP contribution in [-0.4, -0.2) is 231 Å². The van der Waals surface area contributed by atoms with Gasteiger partial charge in [0.25, 0.3) is 11.8 Å². The van der Waals surface area contributed by atoms with Gasteiger partial charge in [-0.15, -0.1) is 0 Å². The summed E-state index contributed by atoms with van der Waals surface area (Å²) in [6.07, 6.45) is -0.218. The highest BCUT2D eigenvalue weighted by molar-refractivity contribution is 6.25. The Morgan fingerprint density at radius 2 is 0.922 bits per heavy atom. The number of anilines is 1. The highest BCUT2D eigenvalue weighted by Gasteiger charge is 2.45. The van der Waals surface area contributed by atoms with Crippen molar-refractivity contribution in [1.82, 2.24) is 15.1 Å². The van der Waals surface area contributed by atoms with Crippen molar-refractivity contribution in [3.63, 3.8) is 0 Å². The lowest BCUT2D eigenvalue weighted by atomic mass is 9.98. The third-order valence-electron chi connectivity index (χ3n) is 12.3. The van der Waals surface area contributed by atoms with Crippen molar-refractivity contribution in [2.24, 2.45) is 0 Å². The summed E-state index contributed by atoms with van der Waals surface area (Å²) in [6, 6.07) is 20.4. The molecular weight excluding hydrogens is 1000 g/mol. The summed E-state index contributed by atoms with van der Waals surface area (Å²) < 4.78 is 72.3. The van der Waals surface area contributed by atoms with Gasteiger partial charge in [-0.3, -0.25) is 29.4 Å². The highest BCUT2D eigenvalue weighted by atomic mass is 16.6. The molecular formula is C55H76N4O18. The van der Waals surface area contributed by atoms with Gasteiger partial charge in [-0.05, 0) is 40.8 Å². The van der Waals surface area contributed by atoms with Crippen molar-refractivity contribution in [1.29, 1.82) is 0 Å². The van der Waals surface area contributed by atoms with Gasteiger partial charge >= 0.3 is 6.09 Å². The van der Waals surface area contributed by atoms with Crippen molar-refractivity contribution in [3.8, 4) is 11.1 Å². The zero-order valence-corrected chi connectivity index (χ0v) is 44.3. The molecule has 2 aliphatic heterocycles. The van der Waals surface area contributed by atoms with E-state index >= 15 is 0 Å². The fourth-order valence-electron chi connectivity index (χ4n) is 8.44. The number of imide groups is 2. The summed E-state index contributed by atoms with van der Waals surface area (Å²) in [7, 11) is 1.71. The molecule has 0 saturated carbocycles. The minimum atomic E-state index is -1.02. The molecule has 1 saturated heterocycles. The Bertz CT molecular complexity index is 2210. The summed E-state index contributed by atoms with van der Waals surface area (Å²) in [5.74, 6) is -2.16. The summed E-state index contributed by atoms with van der Waals surface area (Å²) in [5.41, 5.74) is 5.65. The maximum Gasteiger partial charge on any atom is 0.409 e. The highest BCUT2D eigenvalue weighted by Crippen LogP contribution is 2.44. The molecule has 22 heteroatoms. The molecule has 3 aromatic carbocycles. The molecule has 22 nitrogen and oxygen atoms in total. The number of nitrogens with zero attached hydrogens (tertiary/aromatic N) is 2. The number of rotatable bonds is 43. The third kappa shape index (κ3) is 20.7. The Hall–Kier alpha value is -5.47. The first-order valence-electron chi connectivity index (χ1n) is 26.4. The zero-order chi connectivity index (χ0) is 54.1. The minimum absolute atomic E-state index is 0.0254. The number of fused-ring (bicyclic) bond motifs is 4. The van der Waals surface area contributed by atoms with E-state index in [0.29, 0.717) is 177 Å². The van der Waals surface area contributed by atoms with Gasteiger partial charge in [-0.2, -0.15) is 0 Å². The average molecular weight is 1080 g/mol. The van der Waals surface area contributed by atoms with E-state index < -0.39 is 29.7 Å². The molecule has 1 atom stereocenters. The molecule has 0 spiro atoms. The molecule has 2 N–H and O–H groups in total. The van der Waals surface area contributed by atoms with Crippen LogP contribution < -0.4 is 10.6 Å². The number of piperidine rings is 1. The maximum atomic E-state index is 13.2. The van der Waals surface area contributed by atoms with Crippen LogP contribution >= 0.6 is 0 Å². The zero-order valence-electron chi connectivity index (χ0n) is 44.3. The van der Waals surface area contributed by atoms with Gasteiger partial charge in [0, 0.05) is 38.2 Å². The lowest BCUT2D eigenvalue weighted by Gasteiger charge is -2.27. The molecule has 1 fully saturated rings. The van der Waals surface area contributed by atoms with Crippen LogP contribution in [0, 0.1) is 0 Å².